The van der Waals surface area contributed by atoms with Gasteiger partial charge in [-0.3, -0.25) is 10.4 Å². The molecule has 1 atom stereocenters. The lowest BCUT2D eigenvalue weighted by atomic mass is 9.95. The molecule has 0 saturated carbocycles. The van der Waals surface area contributed by atoms with Gasteiger partial charge in [0, 0.05) is 34.8 Å². The molecule has 0 amide bonds. The Kier molecular flexibility index (Phi) is 9.17. The lowest BCUT2D eigenvalue weighted by molar-refractivity contribution is 0.666. The Morgan fingerprint density at radius 2 is 1.58 bits per heavy atom. The standard InChI is InChI=1S/C37H39BN4S/c1-7-23(2)20-34-22-42(27(6)39)37-35(24(3)26(5)43-37)36(41-34)32-16-14-31(15-17-32)30-12-10-29(11-13-30)25(4)40-21-28-8-18-33(38)19-9-28/h8-19,34,39-40H,2,4,7,20-22H2,1,3,5-6H3. The van der Waals surface area contributed by atoms with Crippen molar-refractivity contribution in [3.05, 3.63) is 124 Å². The van der Waals surface area contributed by atoms with Crippen LogP contribution in [-0.4, -0.2) is 32.0 Å². The van der Waals surface area contributed by atoms with Crippen molar-refractivity contribution in [1.82, 2.24) is 5.32 Å². The highest BCUT2D eigenvalue weighted by atomic mass is 32.1. The Bertz CT molecular complexity index is 1680. The normalized spacial score (nSPS) is 14.5. The third-order valence-electron chi connectivity index (χ3n) is 8.19. The number of hydrogen-bond donors (Lipinski definition) is 2. The van der Waals surface area contributed by atoms with E-state index < -0.39 is 0 Å². The summed E-state index contributed by atoms with van der Waals surface area (Å²) in [7, 11) is 5.80. The summed E-state index contributed by atoms with van der Waals surface area (Å²) in [6.45, 7) is 18.2. The molecule has 0 aliphatic carbocycles. The van der Waals surface area contributed by atoms with E-state index in [4.69, 9.17) is 18.2 Å². The van der Waals surface area contributed by atoms with E-state index in [0.29, 0.717) is 18.9 Å². The number of rotatable bonds is 9. The molecule has 0 fully saturated rings. The molecule has 1 aromatic heterocycles. The fourth-order valence-corrected chi connectivity index (χ4v) is 6.60. The molecule has 43 heavy (non-hydrogen) atoms. The summed E-state index contributed by atoms with van der Waals surface area (Å²) in [6, 6.07) is 25.2. The molecule has 2 radical (unpaired) electrons. The molecule has 1 aliphatic rings. The van der Waals surface area contributed by atoms with Gasteiger partial charge in [-0.2, -0.15) is 0 Å². The molecule has 216 valence electrons. The van der Waals surface area contributed by atoms with Crippen LogP contribution in [0.2, 0.25) is 0 Å². The number of aliphatic imine (C=N–C) groups is 1. The number of nitrogens with zero attached hydrogens (tertiary/aromatic N) is 2. The maximum atomic E-state index is 8.56. The summed E-state index contributed by atoms with van der Waals surface area (Å²) < 4.78 is 0. The number of benzene rings is 3. The van der Waals surface area contributed by atoms with Gasteiger partial charge in [-0.05, 0) is 61.4 Å². The van der Waals surface area contributed by atoms with E-state index in [2.05, 4.69) is 92.7 Å². The van der Waals surface area contributed by atoms with Crippen LogP contribution in [0, 0.1) is 19.3 Å². The highest BCUT2D eigenvalue weighted by Crippen LogP contribution is 2.40. The fraction of sp³-hybridized carbons (Fsp3) is 0.243. The second-order valence-corrected chi connectivity index (χ2v) is 12.5. The van der Waals surface area contributed by atoms with Gasteiger partial charge in [0.15, 0.2) is 0 Å². The first-order valence-electron chi connectivity index (χ1n) is 14.8. The highest BCUT2D eigenvalue weighted by Gasteiger charge is 2.30. The van der Waals surface area contributed by atoms with Crippen LogP contribution in [0.15, 0.2) is 96.5 Å². The number of aryl methyl sites for hydroxylation is 1. The Morgan fingerprint density at radius 3 is 2.19 bits per heavy atom. The van der Waals surface area contributed by atoms with Crippen molar-refractivity contribution in [3.8, 4) is 11.1 Å². The van der Waals surface area contributed by atoms with E-state index >= 15 is 0 Å². The van der Waals surface area contributed by atoms with Crippen LogP contribution < -0.4 is 15.7 Å². The molecule has 3 aromatic carbocycles. The first-order valence-corrected chi connectivity index (χ1v) is 15.6. The minimum absolute atomic E-state index is 0.0380. The third-order valence-corrected chi connectivity index (χ3v) is 9.42. The lowest BCUT2D eigenvalue weighted by Gasteiger charge is -2.24. The van der Waals surface area contributed by atoms with Gasteiger partial charge >= 0.3 is 0 Å². The molecular weight excluding hydrogens is 543 g/mol. The average Bonchev–Trinajstić information content (AvgIpc) is 3.20. The van der Waals surface area contributed by atoms with Gasteiger partial charge in [0.1, 0.15) is 12.8 Å². The van der Waals surface area contributed by atoms with Gasteiger partial charge in [0.25, 0.3) is 0 Å². The summed E-state index contributed by atoms with van der Waals surface area (Å²) in [5, 5.41) is 13.1. The minimum Gasteiger partial charge on any atom is -0.381 e. The second-order valence-electron chi connectivity index (χ2n) is 11.3. The van der Waals surface area contributed by atoms with Gasteiger partial charge < -0.3 is 10.2 Å². The van der Waals surface area contributed by atoms with Crippen molar-refractivity contribution < 1.29 is 0 Å². The molecule has 4 nitrogen and oxygen atoms in total. The zero-order valence-electron chi connectivity index (χ0n) is 25.6. The highest BCUT2D eigenvalue weighted by molar-refractivity contribution is 7.17. The van der Waals surface area contributed by atoms with E-state index in [1.807, 2.05) is 31.2 Å². The van der Waals surface area contributed by atoms with Crippen molar-refractivity contribution in [1.29, 1.82) is 5.41 Å². The minimum atomic E-state index is 0.0380. The lowest BCUT2D eigenvalue weighted by Crippen LogP contribution is -2.34. The largest absolute Gasteiger partial charge is 0.381 e. The molecule has 6 heteroatoms. The van der Waals surface area contributed by atoms with Gasteiger partial charge in [0.05, 0.1) is 17.6 Å². The van der Waals surface area contributed by atoms with E-state index in [1.54, 1.807) is 11.3 Å². The first kappa shape index (κ1) is 30.3. The van der Waals surface area contributed by atoms with Crippen LogP contribution in [0.5, 0.6) is 0 Å². The first-order chi connectivity index (χ1) is 20.6. The molecular formula is C37H39BN4S. The number of thiophene rings is 1. The summed E-state index contributed by atoms with van der Waals surface area (Å²) in [4.78, 5) is 8.76. The number of nitrogens with one attached hydrogen (secondary N) is 2. The quantitative estimate of drug-likeness (QED) is 0.0911. The monoisotopic (exact) mass is 582 g/mol. The molecule has 4 aromatic rings. The van der Waals surface area contributed by atoms with E-state index in [0.717, 1.165) is 68.1 Å². The predicted octanol–water partition coefficient (Wildman–Crippen LogP) is 7.97. The zero-order valence-corrected chi connectivity index (χ0v) is 26.4. The fourth-order valence-electron chi connectivity index (χ4n) is 5.39. The number of hydrogen-bond acceptors (Lipinski definition) is 4. The SMILES string of the molecule is [B]c1ccc(CNC(=C)c2ccc(-c3ccc(C4=NC(CC(=C)CC)CN(C(C)=N)c5sc(C)c(C)c54)cc3)cc2)cc1. The Morgan fingerprint density at radius 1 is 0.977 bits per heavy atom. The maximum absolute atomic E-state index is 8.56. The van der Waals surface area contributed by atoms with Crippen LogP contribution in [0.3, 0.4) is 0 Å². The van der Waals surface area contributed by atoms with E-state index in [1.165, 1.54) is 16.0 Å². The van der Waals surface area contributed by atoms with Crippen molar-refractivity contribution >= 4 is 46.9 Å². The molecule has 2 heterocycles. The smallest absolute Gasteiger partial charge is 0.113 e. The Labute approximate surface area is 261 Å². The maximum Gasteiger partial charge on any atom is 0.113 e. The van der Waals surface area contributed by atoms with Crippen LogP contribution in [-0.2, 0) is 6.54 Å². The van der Waals surface area contributed by atoms with Gasteiger partial charge in [0.2, 0.25) is 0 Å². The molecule has 0 bridgehead atoms. The molecule has 1 aliphatic heterocycles. The zero-order chi connectivity index (χ0) is 30.7. The Balaban J connectivity index is 1.39. The average molecular weight is 583 g/mol. The molecule has 2 N–H and O–H groups in total. The second kappa shape index (κ2) is 13.0. The third kappa shape index (κ3) is 6.75. The van der Waals surface area contributed by atoms with Gasteiger partial charge in [-0.15, -0.1) is 11.3 Å². The Hall–Kier alpha value is -4.16. The van der Waals surface area contributed by atoms with Crippen LogP contribution in [0.1, 0.15) is 59.4 Å². The van der Waals surface area contributed by atoms with E-state index in [9.17, 15) is 0 Å². The summed E-state index contributed by atoms with van der Waals surface area (Å²) in [5.74, 6) is 0.549. The molecule has 0 saturated heterocycles. The molecule has 0 spiro atoms. The van der Waals surface area contributed by atoms with Gasteiger partial charge in [-0.25, -0.2) is 0 Å². The van der Waals surface area contributed by atoms with Crippen molar-refractivity contribution in [2.75, 3.05) is 11.4 Å². The molecule has 1 unspecified atom stereocenters. The van der Waals surface area contributed by atoms with Crippen LogP contribution >= 0.6 is 11.3 Å². The number of amidine groups is 1. The van der Waals surface area contributed by atoms with E-state index in [-0.39, 0.29) is 6.04 Å². The van der Waals surface area contributed by atoms with Crippen LogP contribution in [0.4, 0.5) is 5.00 Å². The number of fused-ring (bicyclic) bond motifs is 1. The summed E-state index contributed by atoms with van der Waals surface area (Å²) >= 11 is 1.76. The number of anilines is 1. The van der Waals surface area contributed by atoms with Crippen LogP contribution in [0.25, 0.3) is 16.8 Å². The van der Waals surface area contributed by atoms with Crippen molar-refractivity contribution in [3.63, 3.8) is 0 Å². The van der Waals surface area contributed by atoms with Crippen molar-refractivity contribution in [2.45, 2.75) is 53.1 Å². The van der Waals surface area contributed by atoms with Crippen molar-refractivity contribution in [2.24, 2.45) is 4.99 Å². The summed E-state index contributed by atoms with van der Waals surface area (Å²) in [6.07, 6.45) is 1.76. The van der Waals surface area contributed by atoms with Gasteiger partial charge in [-0.1, -0.05) is 104 Å². The topological polar surface area (TPSA) is 51.5 Å². The predicted molar refractivity (Wildman–Crippen MR) is 188 cm³/mol. The molecule has 5 rings (SSSR count). The summed E-state index contributed by atoms with van der Waals surface area (Å²) in [5.41, 5.74) is 11.9.